The Balaban J connectivity index is 1.83. The van der Waals surface area contributed by atoms with E-state index < -0.39 is 5.60 Å². The fraction of sp³-hybridized carbons (Fsp3) is 0.600. The van der Waals surface area contributed by atoms with Gasteiger partial charge in [0, 0.05) is 11.3 Å². The molecule has 0 radical (unpaired) electrons. The Morgan fingerprint density at radius 1 is 1.37 bits per heavy atom. The summed E-state index contributed by atoms with van der Waals surface area (Å²) < 4.78 is 11.6. The van der Waals surface area contributed by atoms with Crippen LogP contribution < -0.4 is 9.47 Å². The van der Waals surface area contributed by atoms with Gasteiger partial charge >= 0.3 is 0 Å². The summed E-state index contributed by atoms with van der Waals surface area (Å²) in [6.07, 6.45) is 4.20. The number of rotatable bonds is 4. The van der Waals surface area contributed by atoms with Crippen LogP contribution in [0.15, 0.2) is 18.2 Å². The van der Waals surface area contributed by atoms with Gasteiger partial charge in [-0.1, -0.05) is 12.1 Å². The third-order valence-corrected chi connectivity index (χ3v) is 5.00. The third-order valence-electron chi connectivity index (χ3n) is 3.82. The lowest BCUT2D eigenvalue weighted by Gasteiger charge is -2.25. The molecule has 0 bridgehead atoms. The van der Waals surface area contributed by atoms with Crippen molar-refractivity contribution in [3.05, 3.63) is 23.8 Å². The number of hydrogen-bond acceptors (Lipinski definition) is 4. The molecule has 1 aliphatic carbocycles. The summed E-state index contributed by atoms with van der Waals surface area (Å²) >= 11 is 1.94. The molecule has 3 nitrogen and oxygen atoms in total. The second-order valence-electron chi connectivity index (χ2n) is 5.33. The molecule has 1 unspecified atom stereocenters. The number of hydrogen-bond donors (Lipinski definition) is 1. The maximum absolute atomic E-state index is 10.3. The first kappa shape index (κ1) is 13.1. The predicted molar refractivity (Wildman–Crippen MR) is 77.1 cm³/mol. The Labute approximate surface area is 118 Å². The molecule has 19 heavy (non-hydrogen) atoms. The van der Waals surface area contributed by atoms with E-state index in [2.05, 4.69) is 0 Å². The minimum atomic E-state index is -0.688. The minimum absolute atomic E-state index is 0.261. The molecule has 1 aromatic carbocycles. The highest BCUT2D eigenvalue weighted by Gasteiger charge is 2.45. The van der Waals surface area contributed by atoms with Gasteiger partial charge in [-0.05, 0) is 37.5 Å². The quantitative estimate of drug-likeness (QED) is 0.920. The van der Waals surface area contributed by atoms with Crippen LogP contribution >= 0.6 is 11.8 Å². The number of benzene rings is 1. The normalized spacial score (nSPS) is 24.8. The Kier molecular flexibility index (Phi) is 3.63. The lowest BCUT2D eigenvalue weighted by atomic mass is 10.1. The van der Waals surface area contributed by atoms with Crippen LogP contribution in [0.1, 0.15) is 31.2 Å². The summed E-state index contributed by atoms with van der Waals surface area (Å²) in [5, 5.41) is 10.3. The Morgan fingerprint density at radius 2 is 2.21 bits per heavy atom. The molecule has 4 heteroatoms. The maximum Gasteiger partial charge on any atom is 0.166 e. The van der Waals surface area contributed by atoms with Crippen LogP contribution in [-0.4, -0.2) is 29.8 Å². The van der Waals surface area contributed by atoms with Crippen molar-refractivity contribution >= 4 is 11.8 Å². The molecule has 3 rings (SSSR count). The first-order chi connectivity index (χ1) is 9.23. The van der Waals surface area contributed by atoms with Gasteiger partial charge in [-0.2, -0.15) is 11.8 Å². The Hall–Kier alpha value is -0.870. The molecule has 2 fully saturated rings. The van der Waals surface area contributed by atoms with Crippen LogP contribution in [0.5, 0.6) is 11.5 Å². The summed E-state index contributed by atoms with van der Waals surface area (Å²) in [5.74, 6) is 3.75. The second kappa shape index (κ2) is 5.25. The molecule has 1 N–H and O–H groups in total. The summed E-state index contributed by atoms with van der Waals surface area (Å²) in [4.78, 5) is 0. The van der Waals surface area contributed by atoms with Crippen LogP contribution in [0, 0.1) is 0 Å². The van der Waals surface area contributed by atoms with Gasteiger partial charge < -0.3 is 14.6 Å². The first-order valence-electron chi connectivity index (χ1n) is 6.87. The molecule has 0 amide bonds. The van der Waals surface area contributed by atoms with Crippen molar-refractivity contribution in [2.24, 2.45) is 0 Å². The van der Waals surface area contributed by atoms with Crippen molar-refractivity contribution < 1.29 is 14.6 Å². The number of methoxy groups -OCH3 is 1. The highest BCUT2D eigenvalue weighted by Crippen LogP contribution is 2.51. The second-order valence-corrected chi connectivity index (χ2v) is 6.48. The average molecular weight is 280 g/mol. The number of thioether (sulfide) groups is 1. The molecule has 0 aromatic heterocycles. The van der Waals surface area contributed by atoms with E-state index >= 15 is 0 Å². The van der Waals surface area contributed by atoms with E-state index in [4.69, 9.17) is 9.47 Å². The van der Waals surface area contributed by atoms with Crippen molar-refractivity contribution in [2.45, 2.75) is 37.4 Å². The van der Waals surface area contributed by atoms with E-state index in [0.29, 0.717) is 5.75 Å². The minimum Gasteiger partial charge on any atom is -0.492 e. The average Bonchev–Trinajstić information content (AvgIpc) is 3.19. The fourth-order valence-corrected chi connectivity index (χ4v) is 3.59. The van der Waals surface area contributed by atoms with E-state index in [-0.39, 0.29) is 6.10 Å². The van der Waals surface area contributed by atoms with E-state index in [1.807, 2.05) is 30.0 Å². The molecule has 1 saturated carbocycles. The summed E-state index contributed by atoms with van der Waals surface area (Å²) in [6, 6.07) is 5.82. The van der Waals surface area contributed by atoms with Crippen molar-refractivity contribution in [3.63, 3.8) is 0 Å². The summed E-state index contributed by atoms with van der Waals surface area (Å²) in [6.45, 7) is 0. The number of ether oxygens (including phenoxy) is 2. The highest BCUT2D eigenvalue weighted by molar-refractivity contribution is 7.99. The maximum atomic E-state index is 10.3. The Morgan fingerprint density at radius 3 is 2.84 bits per heavy atom. The van der Waals surface area contributed by atoms with Crippen molar-refractivity contribution in [2.75, 3.05) is 18.6 Å². The van der Waals surface area contributed by atoms with Gasteiger partial charge in [0.1, 0.15) is 6.10 Å². The third kappa shape index (κ3) is 2.70. The number of aliphatic hydroxyl groups is 1. The standard InChI is InChI=1S/C15H20O3S/c1-17-14-12(15(16)7-8-15)5-2-6-13(14)18-11-4-3-9-19-10-11/h2,5-6,11,16H,3-4,7-10H2,1H3. The summed E-state index contributed by atoms with van der Waals surface area (Å²) in [5.41, 5.74) is 0.183. The molecule has 1 aromatic rings. The lowest BCUT2D eigenvalue weighted by molar-refractivity contribution is 0.144. The highest BCUT2D eigenvalue weighted by atomic mass is 32.2. The number of para-hydroxylation sites is 1. The smallest absolute Gasteiger partial charge is 0.166 e. The summed E-state index contributed by atoms with van der Waals surface area (Å²) in [7, 11) is 1.65. The molecule has 1 heterocycles. The van der Waals surface area contributed by atoms with Crippen molar-refractivity contribution in [3.8, 4) is 11.5 Å². The molecule has 104 valence electrons. The molecular weight excluding hydrogens is 260 g/mol. The predicted octanol–water partition coefficient (Wildman–Crippen LogP) is 2.95. The van der Waals surface area contributed by atoms with Gasteiger partial charge in [-0.15, -0.1) is 0 Å². The van der Waals surface area contributed by atoms with E-state index in [1.54, 1.807) is 7.11 Å². The SMILES string of the molecule is COc1c(OC2CCCSC2)cccc1C1(O)CC1. The van der Waals surface area contributed by atoms with Crippen LogP contribution in [0.4, 0.5) is 0 Å². The first-order valence-corrected chi connectivity index (χ1v) is 8.03. The van der Waals surface area contributed by atoms with E-state index in [9.17, 15) is 5.11 Å². The van der Waals surface area contributed by atoms with Crippen LogP contribution in [0.2, 0.25) is 0 Å². The molecule has 1 saturated heterocycles. The van der Waals surface area contributed by atoms with Gasteiger partial charge in [0.05, 0.1) is 12.7 Å². The topological polar surface area (TPSA) is 38.7 Å². The van der Waals surface area contributed by atoms with Crippen molar-refractivity contribution in [1.82, 2.24) is 0 Å². The van der Waals surface area contributed by atoms with Gasteiger partial charge in [-0.3, -0.25) is 0 Å². The molecule has 1 aliphatic heterocycles. The van der Waals surface area contributed by atoms with Gasteiger partial charge in [-0.25, -0.2) is 0 Å². The van der Waals surface area contributed by atoms with Gasteiger partial charge in [0.15, 0.2) is 11.5 Å². The zero-order valence-electron chi connectivity index (χ0n) is 11.2. The molecule has 1 atom stereocenters. The Bertz CT molecular complexity index is 451. The van der Waals surface area contributed by atoms with E-state index in [1.165, 1.54) is 12.2 Å². The van der Waals surface area contributed by atoms with Crippen LogP contribution in [-0.2, 0) is 5.60 Å². The van der Waals surface area contributed by atoms with Gasteiger partial charge in [0.2, 0.25) is 0 Å². The zero-order chi connectivity index (χ0) is 13.3. The zero-order valence-corrected chi connectivity index (χ0v) is 12.0. The molecule has 2 aliphatic rings. The van der Waals surface area contributed by atoms with Gasteiger partial charge in [0.25, 0.3) is 0 Å². The van der Waals surface area contributed by atoms with Crippen molar-refractivity contribution in [1.29, 1.82) is 0 Å². The largest absolute Gasteiger partial charge is 0.492 e. The van der Waals surface area contributed by atoms with E-state index in [0.717, 1.165) is 36.3 Å². The monoisotopic (exact) mass is 280 g/mol. The van der Waals surface area contributed by atoms with Crippen LogP contribution in [0.25, 0.3) is 0 Å². The molecular formula is C15H20O3S. The van der Waals surface area contributed by atoms with Crippen LogP contribution in [0.3, 0.4) is 0 Å². The lowest BCUT2D eigenvalue weighted by Crippen LogP contribution is -2.23. The molecule has 0 spiro atoms. The fourth-order valence-electron chi connectivity index (χ4n) is 2.56.